The topological polar surface area (TPSA) is 107 Å². The van der Waals surface area contributed by atoms with Gasteiger partial charge in [-0.05, 0) is 23.1 Å². The first kappa shape index (κ1) is 17.8. The van der Waals surface area contributed by atoms with Crippen molar-refractivity contribution >= 4 is 23.3 Å². The number of carbonyl (C=O) groups excluding carboxylic acids is 3. The zero-order chi connectivity index (χ0) is 19.2. The number of non-ortho nitro benzene ring substituents is 1. The maximum atomic E-state index is 12.6. The quantitative estimate of drug-likeness (QED) is 0.353. The number of β-lactam (4-membered cyclic amide) rings is 1. The van der Waals surface area contributed by atoms with Crippen LogP contribution in [0, 0.1) is 15.5 Å². The minimum atomic E-state index is -0.739. The predicted octanol–water partition coefficient (Wildman–Crippen LogP) is 2.12. The largest absolute Gasteiger partial charge is 0.456 e. The van der Waals surface area contributed by atoms with Gasteiger partial charge in [-0.1, -0.05) is 20.8 Å². The molecule has 0 aromatic heterocycles. The lowest BCUT2D eigenvalue weighted by Crippen LogP contribution is -2.52. The Bertz CT molecular complexity index is 847. The predicted molar refractivity (Wildman–Crippen MR) is 89.6 cm³/mol. The molecule has 1 aromatic carbocycles. The summed E-state index contributed by atoms with van der Waals surface area (Å²) in [6, 6.07) is 5.01. The van der Waals surface area contributed by atoms with Crippen LogP contribution in [0.4, 0.5) is 5.69 Å². The van der Waals surface area contributed by atoms with Crippen LogP contribution in [0.15, 0.2) is 35.5 Å². The van der Waals surface area contributed by atoms with E-state index in [0.717, 1.165) is 0 Å². The number of amides is 1. The standard InChI is InChI=1S/C18H18N2O6/c1-18(2,3)14-15(19-12(16(14)22)8-13(19)21)17(23)26-9-10-4-6-11(7-5-10)20(24)25/h4-7,12H,8-9H2,1-3H3. The number of fused-ring (bicyclic) bond motifs is 1. The molecule has 1 fully saturated rings. The third kappa shape index (κ3) is 2.87. The summed E-state index contributed by atoms with van der Waals surface area (Å²) in [5.41, 5.74) is 0.231. The molecule has 1 unspecified atom stereocenters. The van der Waals surface area contributed by atoms with Crippen molar-refractivity contribution in [3.63, 3.8) is 0 Å². The second kappa shape index (κ2) is 6.05. The first-order valence-electron chi connectivity index (χ1n) is 8.12. The highest BCUT2D eigenvalue weighted by Crippen LogP contribution is 2.43. The van der Waals surface area contributed by atoms with E-state index in [-0.39, 0.29) is 36.1 Å². The average Bonchev–Trinajstić information content (AvgIpc) is 2.80. The molecule has 0 bridgehead atoms. The summed E-state index contributed by atoms with van der Waals surface area (Å²) in [4.78, 5) is 48.4. The Morgan fingerprint density at radius 1 is 1.27 bits per heavy atom. The van der Waals surface area contributed by atoms with E-state index >= 15 is 0 Å². The number of rotatable bonds is 4. The van der Waals surface area contributed by atoms with Crippen LogP contribution in [0.5, 0.6) is 0 Å². The molecule has 1 amide bonds. The Morgan fingerprint density at radius 2 is 1.88 bits per heavy atom. The fourth-order valence-corrected chi connectivity index (χ4v) is 3.17. The second-order valence-electron chi connectivity index (χ2n) is 7.32. The molecule has 0 radical (unpaired) electrons. The number of ketones is 1. The van der Waals surface area contributed by atoms with Crippen molar-refractivity contribution in [2.75, 3.05) is 0 Å². The molecular formula is C18H18N2O6. The van der Waals surface area contributed by atoms with Crippen molar-refractivity contribution < 1.29 is 24.0 Å². The van der Waals surface area contributed by atoms with Crippen molar-refractivity contribution in [2.24, 2.45) is 5.41 Å². The van der Waals surface area contributed by atoms with Gasteiger partial charge in [-0.15, -0.1) is 0 Å². The maximum absolute atomic E-state index is 12.6. The summed E-state index contributed by atoms with van der Waals surface area (Å²) in [6.45, 7) is 5.30. The SMILES string of the molecule is CC(C)(C)C1=C(C(=O)OCc2ccc([N+](=O)[O-])cc2)N2C(=O)CC2C1=O. The summed E-state index contributed by atoms with van der Waals surface area (Å²) >= 11 is 0. The van der Waals surface area contributed by atoms with Gasteiger partial charge in [0.25, 0.3) is 5.69 Å². The molecular weight excluding hydrogens is 340 g/mol. The van der Waals surface area contributed by atoms with Gasteiger partial charge in [-0.2, -0.15) is 0 Å². The van der Waals surface area contributed by atoms with E-state index in [0.29, 0.717) is 11.1 Å². The molecule has 0 spiro atoms. The zero-order valence-electron chi connectivity index (χ0n) is 14.6. The minimum Gasteiger partial charge on any atom is -0.456 e. The van der Waals surface area contributed by atoms with Crippen LogP contribution in [-0.2, 0) is 25.7 Å². The van der Waals surface area contributed by atoms with E-state index in [1.54, 1.807) is 20.8 Å². The van der Waals surface area contributed by atoms with Gasteiger partial charge in [0, 0.05) is 17.7 Å². The van der Waals surface area contributed by atoms with Gasteiger partial charge in [-0.3, -0.25) is 24.6 Å². The number of ether oxygens (including phenoxy) is 1. The molecule has 8 heteroatoms. The van der Waals surface area contributed by atoms with Crippen LogP contribution in [0.25, 0.3) is 0 Å². The molecule has 3 rings (SSSR count). The van der Waals surface area contributed by atoms with Gasteiger partial charge in [0.1, 0.15) is 18.3 Å². The molecule has 8 nitrogen and oxygen atoms in total. The lowest BCUT2D eigenvalue weighted by molar-refractivity contribution is -0.384. The number of hydrogen-bond donors (Lipinski definition) is 0. The molecule has 0 N–H and O–H groups in total. The summed E-state index contributed by atoms with van der Waals surface area (Å²) in [7, 11) is 0. The van der Waals surface area contributed by atoms with Crippen molar-refractivity contribution in [3.05, 3.63) is 51.2 Å². The second-order valence-corrected chi connectivity index (χ2v) is 7.32. The number of carbonyl (C=O) groups is 3. The molecule has 2 heterocycles. The Kier molecular flexibility index (Phi) is 4.14. The Morgan fingerprint density at radius 3 is 2.38 bits per heavy atom. The lowest BCUT2D eigenvalue weighted by Gasteiger charge is -2.34. The third-order valence-electron chi connectivity index (χ3n) is 4.44. The van der Waals surface area contributed by atoms with Gasteiger partial charge in [0.15, 0.2) is 5.78 Å². The van der Waals surface area contributed by atoms with Gasteiger partial charge < -0.3 is 4.74 Å². The van der Waals surface area contributed by atoms with Crippen LogP contribution < -0.4 is 0 Å². The molecule has 1 saturated heterocycles. The molecule has 26 heavy (non-hydrogen) atoms. The van der Waals surface area contributed by atoms with E-state index in [9.17, 15) is 24.5 Å². The van der Waals surface area contributed by atoms with Gasteiger partial charge in [0.2, 0.25) is 5.91 Å². The number of esters is 1. The highest BCUT2D eigenvalue weighted by Gasteiger charge is 2.55. The Labute approximate surface area is 149 Å². The van der Waals surface area contributed by atoms with E-state index in [4.69, 9.17) is 4.74 Å². The molecule has 1 atom stereocenters. The fourth-order valence-electron chi connectivity index (χ4n) is 3.17. The summed E-state index contributed by atoms with van der Waals surface area (Å²) < 4.78 is 5.27. The number of benzene rings is 1. The number of nitrogens with zero attached hydrogens (tertiary/aromatic N) is 2. The first-order chi connectivity index (χ1) is 12.1. The highest BCUT2D eigenvalue weighted by molar-refractivity contribution is 6.18. The van der Waals surface area contributed by atoms with Crippen LogP contribution >= 0.6 is 0 Å². The summed E-state index contributed by atoms with van der Waals surface area (Å²) in [6.07, 6.45) is 0.109. The van der Waals surface area contributed by atoms with Gasteiger partial charge >= 0.3 is 5.97 Å². The summed E-state index contributed by atoms with van der Waals surface area (Å²) in [5, 5.41) is 10.7. The lowest BCUT2D eigenvalue weighted by atomic mass is 9.82. The number of hydrogen-bond acceptors (Lipinski definition) is 6. The zero-order valence-corrected chi connectivity index (χ0v) is 14.6. The number of nitro benzene ring substituents is 1. The van der Waals surface area contributed by atoms with E-state index in [1.165, 1.54) is 29.2 Å². The van der Waals surface area contributed by atoms with E-state index in [2.05, 4.69) is 0 Å². The first-order valence-corrected chi connectivity index (χ1v) is 8.12. The highest BCUT2D eigenvalue weighted by atomic mass is 16.6. The minimum absolute atomic E-state index is 0.0191. The van der Waals surface area contributed by atoms with Crippen molar-refractivity contribution in [1.29, 1.82) is 0 Å². The normalized spacial score (nSPS) is 19.3. The van der Waals surface area contributed by atoms with E-state index < -0.39 is 22.3 Å². The summed E-state index contributed by atoms with van der Waals surface area (Å²) in [5.74, 6) is -1.22. The fraction of sp³-hybridized carbons (Fsp3) is 0.389. The van der Waals surface area contributed by atoms with Crippen molar-refractivity contribution in [3.8, 4) is 0 Å². The van der Waals surface area contributed by atoms with Crippen molar-refractivity contribution in [1.82, 2.24) is 4.90 Å². The van der Waals surface area contributed by atoms with Crippen LogP contribution in [0.3, 0.4) is 0 Å². The van der Waals surface area contributed by atoms with Crippen molar-refractivity contribution in [2.45, 2.75) is 39.8 Å². The van der Waals surface area contributed by atoms with Crippen LogP contribution in [0.2, 0.25) is 0 Å². The smallest absolute Gasteiger partial charge is 0.355 e. The van der Waals surface area contributed by atoms with Gasteiger partial charge in [-0.25, -0.2) is 4.79 Å². The molecule has 2 aliphatic rings. The molecule has 2 aliphatic heterocycles. The Hall–Kier alpha value is -3.03. The molecule has 136 valence electrons. The average molecular weight is 358 g/mol. The van der Waals surface area contributed by atoms with Gasteiger partial charge in [0.05, 0.1) is 11.3 Å². The molecule has 0 saturated carbocycles. The number of nitro groups is 1. The maximum Gasteiger partial charge on any atom is 0.355 e. The Balaban J connectivity index is 1.81. The van der Waals surface area contributed by atoms with Crippen LogP contribution in [-0.4, -0.2) is 33.5 Å². The molecule has 0 aliphatic carbocycles. The van der Waals surface area contributed by atoms with E-state index in [1.807, 2.05) is 0 Å². The third-order valence-corrected chi connectivity index (χ3v) is 4.44. The monoisotopic (exact) mass is 358 g/mol. The molecule has 1 aromatic rings. The van der Waals surface area contributed by atoms with Crippen LogP contribution in [0.1, 0.15) is 32.8 Å². The number of Topliss-reactive ketones (excluding diaryl/α,β-unsaturated/α-hetero) is 1.